The molecule has 29 heavy (non-hydrogen) atoms. The number of pyridine rings is 1. The molecule has 152 valence electrons. The SMILES string of the molecule is CCc1c(OC)cc(OC)c(Cl)c1-c1cc2cnc(N)nc2c(N2CCCC2)n1. The van der Waals surface area contributed by atoms with Crippen LogP contribution in [0.15, 0.2) is 18.3 Å². The van der Waals surface area contributed by atoms with Crippen LogP contribution in [0.4, 0.5) is 11.8 Å². The van der Waals surface area contributed by atoms with Gasteiger partial charge in [0.05, 0.1) is 24.9 Å². The van der Waals surface area contributed by atoms with E-state index in [2.05, 4.69) is 21.8 Å². The predicted molar refractivity (Wildman–Crippen MR) is 116 cm³/mol. The number of ether oxygens (including phenoxy) is 2. The molecule has 0 radical (unpaired) electrons. The molecule has 2 aromatic heterocycles. The fourth-order valence-corrected chi connectivity index (χ4v) is 4.25. The Bertz CT molecular complexity index is 1070. The zero-order valence-electron chi connectivity index (χ0n) is 16.8. The highest BCUT2D eigenvalue weighted by molar-refractivity contribution is 6.35. The maximum absolute atomic E-state index is 6.76. The van der Waals surface area contributed by atoms with Gasteiger partial charge in [-0.2, -0.15) is 0 Å². The van der Waals surface area contributed by atoms with Crippen molar-refractivity contribution < 1.29 is 9.47 Å². The molecule has 2 N–H and O–H groups in total. The number of methoxy groups -OCH3 is 2. The van der Waals surface area contributed by atoms with E-state index in [0.717, 1.165) is 71.6 Å². The van der Waals surface area contributed by atoms with Crippen LogP contribution in [0.2, 0.25) is 5.02 Å². The Morgan fingerprint density at radius 1 is 1.10 bits per heavy atom. The number of hydrogen-bond acceptors (Lipinski definition) is 7. The predicted octanol–water partition coefficient (Wildman–Crippen LogP) is 4.11. The lowest BCUT2D eigenvalue weighted by Gasteiger charge is -2.21. The first-order chi connectivity index (χ1) is 14.1. The molecule has 1 saturated heterocycles. The van der Waals surface area contributed by atoms with Crippen LogP contribution in [-0.4, -0.2) is 42.3 Å². The van der Waals surface area contributed by atoms with Crippen molar-refractivity contribution in [3.63, 3.8) is 0 Å². The van der Waals surface area contributed by atoms with Crippen LogP contribution in [0.5, 0.6) is 11.5 Å². The Morgan fingerprint density at radius 2 is 1.83 bits per heavy atom. The molecular formula is C21H24ClN5O2. The molecule has 7 nitrogen and oxygen atoms in total. The number of aromatic nitrogens is 3. The molecule has 8 heteroatoms. The van der Waals surface area contributed by atoms with Gasteiger partial charge in [0.15, 0.2) is 5.82 Å². The summed E-state index contributed by atoms with van der Waals surface area (Å²) in [7, 11) is 3.24. The van der Waals surface area contributed by atoms with E-state index >= 15 is 0 Å². The van der Waals surface area contributed by atoms with Crippen molar-refractivity contribution in [1.82, 2.24) is 15.0 Å². The first kappa shape index (κ1) is 19.5. The smallest absolute Gasteiger partial charge is 0.220 e. The second-order valence-corrected chi connectivity index (χ2v) is 7.37. The summed E-state index contributed by atoms with van der Waals surface area (Å²) in [5.41, 5.74) is 9.15. The summed E-state index contributed by atoms with van der Waals surface area (Å²) in [6, 6.07) is 3.77. The van der Waals surface area contributed by atoms with Gasteiger partial charge >= 0.3 is 0 Å². The van der Waals surface area contributed by atoms with Crippen molar-refractivity contribution in [3.8, 4) is 22.8 Å². The van der Waals surface area contributed by atoms with Crippen LogP contribution in [0.1, 0.15) is 25.3 Å². The van der Waals surface area contributed by atoms with Gasteiger partial charge in [0.2, 0.25) is 5.95 Å². The molecule has 0 saturated carbocycles. The molecule has 1 aliphatic heterocycles. The van der Waals surface area contributed by atoms with Gasteiger partial charge in [0.1, 0.15) is 17.0 Å². The number of fused-ring (bicyclic) bond motifs is 1. The highest BCUT2D eigenvalue weighted by atomic mass is 35.5. The third kappa shape index (κ3) is 3.40. The van der Waals surface area contributed by atoms with Gasteiger partial charge in [-0.3, -0.25) is 0 Å². The number of rotatable bonds is 5. The normalized spacial score (nSPS) is 13.9. The molecule has 1 aliphatic rings. The van der Waals surface area contributed by atoms with Gasteiger partial charge < -0.3 is 20.1 Å². The number of benzene rings is 1. The van der Waals surface area contributed by atoms with Crippen molar-refractivity contribution in [2.75, 3.05) is 37.9 Å². The Kier molecular flexibility index (Phi) is 5.32. The van der Waals surface area contributed by atoms with E-state index in [1.54, 1.807) is 20.4 Å². The fourth-order valence-electron chi connectivity index (χ4n) is 3.91. The summed E-state index contributed by atoms with van der Waals surface area (Å²) in [4.78, 5) is 15.9. The molecule has 3 heterocycles. The minimum atomic E-state index is 0.239. The Balaban J connectivity index is 2.03. The maximum Gasteiger partial charge on any atom is 0.220 e. The Morgan fingerprint density at radius 3 is 2.48 bits per heavy atom. The van der Waals surface area contributed by atoms with Crippen LogP contribution in [0.3, 0.4) is 0 Å². The molecule has 0 amide bonds. The quantitative estimate of drug-likeness (QED) is 0.673. The minimum Gasteiger partial charge on any atom is -0.496 e. The maximum atomic E-state index is 6.76. The fraction of sp³-hybridized carbons (Fsp3) is 0.381. The van der Waals surface area contributed by atoms with Gasteiger partial charge in [0.25, 0.3) is 0 Å². The molecule has 0 atom stereocenters. The molecule has 1 aromatic carbocycles. The number of nitrogen functional groups attached to an aromatic ring is 1. The lowest BCUT2D eigenvalue weighted by Crippen LogP contribution is -2.20. The molecule has 0 bridgehead atoms. The van der Waals surface area contributed by atoms with E-state index in [-0.39, 0.29) is 5.95 Å². The standard InChI is InChI=1S/C21H24ClN5O2/c1-4-13-15(28-2)10-16(29-3)18(22)17(13)14-9-12-11-24-21(23)26-19(12)20(25-14)27-7-5-6-8-27/h9-11H,4-8H2,1-3H3,(H2,23,24,26). The summed E-state index contributed by atoms with van der Waals surface area (Å²) in [5, 5.41) is 1.38. The summed E-state index contributed by atoms with van der Waals surface area (Å²) in [6.07, 6.45) is 4.72. The van der Waals surface area contributed by atoms with Crippen molar-refractivity contribution in [1.29, 1.82) is 0 Å². The van der Waals surface area contributed by atoms with Crippen LogP contribution < -0.4 is 20.1 Å². The first-order valence-electron chi connectivity index (χ1n) is 9.69. The lowest BCUT2D eigenvalue weighted by molar-refractivity contribution is 0.392. The third-order valence-corrected chi connectivity index (χ3v) is 5.69. The monoisotopic (exact) mass is 413 g/mol. The van der Waals surface area contributed by atoms with Crippen molar-refractivity contribution in [3.05, 3.63) is 28.9 Å². The van der Waals surface area contributed by atoms with E-state index < -0.39 is 0 Å². The van der Waals surface area contributed by atoms with Crippen LogP contribution in [0.25, 0.3) is 22.2 Å². The van der Waals surface area contributed by atoms with Gasteiger partial charge in [-0.15, -0.1) is 0 Å². The topological polar surface area (TPSA) is 86.4 Å². The molecular weight excluding hydrogens is 390 g/mol. The zero-order valence-corrected chi connectivity index (χ0v) is 17.6. The second kappa shape index (κ2) is 7.91. The van der Waals surface area contributed by atoms with Gasteiger partial charge in [0, 0.05) is 41.9 Å². The van der Waals surface area contributed by atoms with E-state index in [4.69, 9.17) is 31.8 Å². The van der Waals surface area contributed by atoms with Crippen molar-refractivity contribution in [2.24, 2.45) is 0 Å². The molecule has 0 spiro atoms. The largest absolute Gasteiger partial charge is 0.496 e. The lowest BCUT2D eigenvalue weighted by atomic mass is 9.99. The van der Waals surface area contributed by atoms with Crippen molar-refractivity contribution in [2.45, 2.75) is 26.2 Å². The Hall–Kier alpha value is -2.80. The molecule has 0 unspecified atom stereocenters. The third-order valence-electron chi connectivity index (χ3n) is 5.32. The first-order valence-corrected chi connectivity index (χ1v) is 10.1. The second-order valence-electron chi connectivity index (χ2n) is 6.99. The molecule has 3 aromatic rings. The van der Waals surface area contributed by atoms with Gasteiger partial charge in [-0.1, -0.05) is 18.5 Å². The molecule has 0 aliphatic carbocycles. The number of hydrogen-bond donors (Lipinski definition) is 1. The minimum absolute atomic E-state index is 0.239. The number of anilines is 2. The number of nitrogens with two attached hydrogens (primary N) is 1. The molecule has 1 fully saturated rings. The molecule has 4 rings (SSSR count). The summed E-state index contributed by atoms with van der Waals surface area (Å²) >= 11 is 6.76. The number of halogens is 1. The average molecular weight is 414 g/mol. The highest BCUT2D eigenvalue weighted by Crippen LogP contribution is 2.44. The van der Waals surface area contributed by atoms with Crippen LogP contribution in [0, 0.1) is 0 Å². The van der Waals surface area contributed by atoms with Crippen LogP contribution >= 0.6 is 11.6 Å². The van der Waals surface area contributed by atoms with E-state index in [0.29, 0.717) is 10.8 Å². The van der Waals surface area contributed by atoms with Crippen LogP contribution in [-0.2, 0) is 6.42 Å². The van der Waals surface area contributed by atoms with Gasteiger partial charge in [-0.25, -0.2) is 15.0 Å². The highest BCUT2D eigenvalue weighted by Gasteiger charge is 2.24. The van der Waals surface area contributed by atoms with Gasteiger partial charge in [-0.05, 0) is 25.3 Å². The van der Waals surface area contributed by atoms with E-state index in [9.17, 15) is 0 Å². The Labute approximate surface area is 174 Å². The van der Waals surface area contributed by atoms with Crippen molar-refractivity contribution >= 4 is 34.3 Å². The summed E-state index contributed by atoms with van der Waals surface area (Å²) < 4.78 is 11.1. The van der Waals surface area contributed by atoms with E-state index in [1.165, 1.54) is 0 Å². The zero-order chi connectivity index (χ0) is 20.5. The average Bonchev–Trinajstić information content (AvgIpc) is 3.27. The number of nitrogens with zero attached hydrogens (tertiary/aromatic N) is 4. The van der Waals surface area contributed by atoms with E-state index in [1.807, 2.05) is 12.1 Å². The summed E-state index contributed by atoms with van der Waals surface area (Å²) in [6.45, 7) is 3.94. The summed E-state index contributed by atoms with van der Waals surface area (Å²) in [5.74, 6) is 2.32.